The van der Waals surface area contributed by atoms with Crippen LogP contribution >= 0.6 is 15.9 Å². The summed E-state index contributed by atoms with van der Waals surface area (Å²) in [6.07, 6.45) is 4.66. The Bertz CT molecular complexity index is 425. The topological polar surface area (TPSA) is 26.0 Å². The molecule has 0 aliphatic carbocycles. The van der Waals surface area contributed by atoms with Gasteiger partial charge in [0.15, 0.2) is 6.39 Å². The van der Waals surface area contributed by atoms with Crippen LogP contribution in [0, 0.1) is 0 Å². The predicted octanol–water partition coefficient (Wildman–Crippen LogP) is 3.74. The van der Waals surface area contributed by atoms with E-state index in [2.05, 4.69) is 45.2 Å². The van der Waals surface area contributed by atoms with E-state index in [1.54, 1.807) is 0 Å². The maximum absolute atomic E-state index is 5.35. The van der Waals surface area contributed by atoms with Crippen LogP contribution in [-0.4, -0.2) is 4.98 Å². The molecule has 0 unspecified atom stereocenters. The van der Waals surface area contributed by atoms with Crippen LogP contribution in [0.2, 0.25) is 0 Å². The van der Waals surface area contributed by atoms with Crippen LogP contribution in [0.4, 0.5) is 0 Å². The van der Waals surface area contributed by atoms with Crippen LogP contribution in [-0.2, 0) is 18.2 Å². The van der Waals surface area contributed by atoms with Crippen molar-refractivity contribution in [2.45, 2.75) is 24.6 Å². The molecule has 0 saturated carbocycles. The average molecular weight is 280 g/mol. The fourth-order valence-corrected chi connectivity index (χ4v) is 2.16. The van der Waals surface area contributed by atoms with Crippen molar-refractivity contribution in [1.82, 2.24) is 4.98 Å². The summed E-state index contributed by atoms with van der Waals surface area (Å²) >= 11 is 3.40. The minimum Gasteiger partial charge on any atom is -0.448 e. The maximum Gasteiger partial charge on any atom is 0.181 e. The van der Waals surface area contributed by atoms with E-state index in [0.29, 0.717) is 0 Å². The summed E-state index contributed by atoms with van der Waals surface area (Å²) in [6, 6.07) is 10.5. The third-order valence-electron chi connectivity index (χ3n) is 2.56. The molecule has 0 aliphatic rings. The standard InChI is InChI=1S/C13H14BrNO/c14-9-12-13(16-10-15-12)8-4-7-11-5-2-1-3-6-11/h1-3,5-6,10H,4,7-9H2. The third-order valence-corrected chi connectivity index (χ3v) is 3.10. The molecule has 0 fully saturated rings. The van der Waals surface area contributed by atoms with Gasteiger partial charge >= 0.3 is 0 Å². The summed E-state index contributed by atoms with van der Waals surface area (Å²) in [7, 11) is 0. The van der Waals surface area contributed by atoms with Crippen LogP contribution in [0.3, 0.4) is 0 Å². The van der Waals surface area contributed by atoms with Crippen molar-refractivity contribution in [2.24, 2.45) is 0 Å². The van der Waals surface area contributed by atoms with Crippen molar-refractivity contribution < 1.29 is 4.42 Å². The van der Waals surface area contributed by atoms with Crippen molar-refractivity contribution in [3.05, 3.63) is 53.7 Å². The van der Waals surface area contributed by atoms with Gasteiger partial charge in [0.25, 0.3) is 0 Å². The number of rotatable bonds is 5. The van der Waals surface area contributed by atoms with Crippen LogP contribution in [0.1, 0.15) is 23.4 Å². The number of aromatic nitrogens is 1. The number of hydrogen-bond donors (Lipinski definition) is 0. The van der Waals surface area contributed by atoms with E-state index in [0.717, 1.165) is 36.0 Å². The first-order chi connectivity index (χ1) is 7.90. The molecule has 1 aromatic heterocycles. The molecule has 3 heteroatoms. The minimum atomic E-state index is 0.768. The number of halogens is 1. The van der Waals surface area contributed by atoms with E-state index in [-0.39, 0.29) is 0 Å². The molecule has 1 aromatic carbocycles. The van der Waals surface area contributed by atoms with E-state index in [1.807, 2.05) is 6.07 Å². The molecule has 0 bridgehead atoms. The molecule has 0 spiro atoms. The Kier molecular flexibility index (Phi) is 4.17. The van der Waals surface area contributed by atoms with Crippen LogP contribution in [0.25, 0.3) is 0 Å². The molecule has 2 aromatic rings. The summed E-state index contributed by atoms with van der Waals surface area (Å²) in [5.74, 6) is 1.01. The van der Waals surface area contributed by atoms with E-state index < -0.39 is 0 Å². The highest BCUT2D eigenvalue weighted by Gasteiger charge is 2.06. The molecule has 0 amide bonds. The molecule has 16 heavy (non-hydrogen) atoms. The molecular weight excluding hydrogens is 266 g/mol. The molecule has 84 valence electrons. The summed E-state index contributed by atoms with van der Waals surface area (Å²) < 4.78 is 5.35. The lowest BCUT2D eigenvalue weighted by Gasteiger charge is -2.00. The van der Waals surface area contributed by atoms with Gasteiger partial charge in [-0.15, -0.1) is 0 Å². The number of benzene rings is 1. The third kappa shape index (κ3) is 2.95. The van der Waals surface area contributed by atoms with Gasteiger partial charge in [0.2, 0.25) is 0 Å². The maximum atomic E-state index is 5.35. The number of aryl methyl sites for hydroxylation is 2. The zero-order valence-electron chi connectivity index (χ0n) is 9.03. The zero-order valence-corrected chi connectivity index (χ0v) is 10.6. The van der Waals surface area contributed by atoms with Gasteiger partial charge in [-0.05, 0) is 18.4 Å². The van der Waals surface area contributed by atoms with E-state index >= 15 is 0 Å². The van der Waals surface area contributed by atoms with Crippen LogP contribution in [0.15, 0.2) is 41.1 Å². The molecule has 2 rings (SSSR count). The fourth-order valence-electron chi connectivity index (χ4n) is 1.70. The Hall–Kier alpha value is -1.09. The Labute approximate surface area is 104 Å². The highest BCUT2D eigenvalue weighted by Crippen LogP contribution is 2.14. The largest absolute Gasteiger partial charge is 0.448 e. The van der Waals surface area contributed by atoms with Gasteiger partial charge in [-0.3, -0.25) is 0 Å². The highest BCUT2D eigenvalue weighted by molar-refractivity contribution is 9.08. The summed E-state index contributed by atoms with van der Waals surface area (Å²) in [5.41, 5.74) is 2.40. The van der Waals surface area contributed by atoms with Crippen molar-refractivity contribution in [2.75, 3.05) is 0 Å². The molecule has 1 heterocycles. The number of nitrogens with zero attached hydrogens (tertiary/aromatic N) is 1. The lowest BCUT2D eigenvalue weighted by molar-refractivity contribution is 0.494. The Balaban J connectivity index is 1.85. The number of hydrogen-bond acceptors (Lipinski definition) is 2. The van der Waals surface area contributed by atoms with Gasteiger partial charge in [0.05, 0.1) is 5.69 Å². The lowest BCUT2D eigenvalue weighted by Crippen LogP contribution is -1.92. The molecular formula is C13H14BrNO. The summed E-state index contributed by atoms with van der Waals surface area (Å²) in [5, 5.41) is 0.768. The summed E-state index contributed by atoms with van der Waals surface area (Å²) in [6.45, 7) is 0. The van der Waals surface area contributed by atoms with Gasteiger partial charge in [-0.1, -0.05) is 46.3 Å². The Morgan fingerprint density at radius 1 is 1.12 bits per heavy atom. The minimum absolute atomic E-state index is 0.768. The quantitative estimate of drug-likeness (QED) is 0.780. The molecule has 0 saturated heterocycles. The fraction of sp³-hybridized carbons (Fsp3) is 0.308. The van der Waals surface area contributed by atoms with Crippen molar-refractivity contribution >= 4 is 15.9 Å². The van der Waals surface area contributed by atoms with Crippen LogP contribution in [0.5, 0.6) is 0 Å². The molecule has 2 nitrogen and oxygen atoms in total. The monoisotopic (exact) mass is 279 g/mol. The smallest absolute Gasteiger partial charge is 0.181 e. The first kappa shape index (κ1) is 11.4. The van der Waals surface area contributed by atoms with Gasteiger partial charge in [-0.25, -0.2) is 4.98 Å². The Morgan fingerprint density at radius 2 is 1.94 bits per heavy atom. The number of oxazole rings is 1. The van der Waals surface area contributed by atoms with Gasteiger partial charge in [0.1, 0.15) is 5.76 Å². The second kappa shape index (κ2) is 5.85. The molecule has 0 atom stereocenters. The second-order valence-corrected chi connectivity index (χ2v) is 4.26. The van der Waals surface area contributed by atoms with E-state index in [4.69, 9.17) is 4.42 Å². The van der Waals surface area contributed by atoms with Crippen LogP contribution < -0.4 is 0 Å². The van der Waals surface area contributed by atoms with Gasteiger partial charge < -0.3 is 4.42 Å². The molecule has 0 aliphatic heterocycles. The van der Waals surface area contributed by atoms with E-state index in [1.165, 1.54) is 12.0 Å². The first-order valence-corrected chi connectivity index (χ1v) is 6.53. The van der Waals surface area contributed by atoms with Gasteiger partial charge in [-0.2, -0.15) is 0 Å². The number of alkyl halides is 1. The van der Waals surface area contributed by atoms with E-state index in [9.17, 15) is 0 Å². The van der Waals surface area contributed by atoms with Crippen molar-refractivity contribution in [1.29, 1.82) is 0 Å². The second-order valence-electron chi connectivity index (χ2n) is 3.70. The highest BCUT2D eigenvalue weighted by atomic mass is 79.9. The lowest BCUT2D eigenvalue weighted by atomic mass is 10.1. The first-order valence-electron chi connectivity index (χ1n) is 5.41. The summed E-state index contributed by atoms with van der Waals surface area (Å²) in [4.78, 5) is 4.15. The van der Waals surface area contributed by atoms with Crippen molar-refractivity contribution in [3.8, 4) is 0 Å². The van der Waals surface area contributed by atoms with Gasteiger partial charge in [0, 0.05) is 11.8 Å². The van der Waals surface area contributed by atoms with Crippen molar-refractivity contribution in [3.63, 3.8) is 0 Å². The SMILES string of the molecule is BrCc1ncoc1CCCc1ccccc1. The molecule has 0 radical (unpaired) electrons. The zero-order chi connectivity index (χ0) is 11.2. The normalized spacial score (nSPS) is 10.6. The molecule has 0 N–H and O–H groups in total. The predicted molar refractivity (Wildman–Crippen MR) is 67.6 cm³/mol. The average Bonchev–Trinajstić information content (AvgIpc) is 2.78. The Morgan fingerprint density at radius 3 is 2.69 bits per heavy atom.